The first-order valence-electron chi connectivity index (χ1n) is 8.59. The van der Waals surface area contributed by atoms with E-state index in [0.29, 0.717) is 11.7 Å². The highest BCUT2D eigenvalue weighted by Crippen LogP contribution is 2.44. The van der Waals surface area contributed by atoms with Gasteiger partial charge in [-0.15, -0.1) is 11.3 Å². The second kappa shape index (κ2) is 5.87. The van der Waals surface area contributed by atoms with Crippen molar-refractivity contribution in [3.05, 3.63) is 21.9 Å². The van der Waals surface area contributed by atoms with Crippen LogP contribution in [0.25, 0.3) is 0 Å². The number of thiophene rings is 1. The van der Waals surface area contributed by atoms with Crippen molar-refractivity contribution < 1.29 is 4.79 Å². The number of carbonyl (C=O) groups excluding carboxylic acids is 1. The molecule has 2 fully saturated rings. The molecule has 0 saturated heterocycles. The summed E-state index contributed by atoms with van der Waals surface area (Å²) in [6.07, 6.45) is 9.16. The first-order valence-corrected chi connectivity index (χ1v) is 9.41. The molecule has 0 spiro atoms. The van der Waals surface area contributed by atoms with Crippen molar-refractivity contribution >= 4 is 17.1 Å². The Bertz CT molecular complexity index is 508. The Kier molecular flexibility index (Phi) is 4.27. The zero-order valence-electron chi connectivity index (χ0n) is 13.7. The minimum Gasteiger partial charge on any atom is -0.293 e. The number of ketones is 1. The zero-order valence-corrected chi connectivity index (χ0v) is 14.5. The van der Waals surface area contributed by atoms with Crippen LogP contribution < -0.4 is 0 Å². The molecule has 21 heavy (non-hydrogen) atoms. The summed E-state index contributed by atoms with van der Waals surface area (Å²) in [4.78, 5) is 15.2. The Balaban J connectivity index is 1.69. The molecule has 0 N–H and O–H groups in total. The van der Waals surface area contributed by atoms with E-state index < -0.39 is 0 Å². The second-order valence-corrected chi connectivity index (χ2v) is 9.18. The molecule has 2 aliphatic carbocycles. The van der Waals surface area contributed by atoms with Crippen molar-refractivity contribution in [3.8, 4) is 0 Å². The van der Waals surface area contributed by atoms with E-state index in [2.05, 4.69) is 32.9 Å². The lowest BCUT2D eigenvalue weighted by atomic mass is 9.66. The van der Waals surface area contributed by atoms with Crippen molar-refractivity contribution in [1.29, 1.82) is 0 Å². The van der Waals surface area contributed by atoms with Crippen LogP contribution in [0.5, 0.6) is 0 Å². The van der Waals surface area contributed by atoms with Gasteiger partial charge in [0.15, 0.2) is 5.78 Å². The van der Waals surface area contributed by atoms with Gasteiger partial charge in [0.05, 0.1) is 4.88 Å². The summed E-state index contributed by atoms with van der Waals surface area (Å²) in [5.41, 5.74) is 0.157. The van der Waals surface area contributed by atoms with Gasteiger partial charge in [-0.3, -0.25) is 4.79 Å². The summed E-state index contributed by atoms with van der Waals surface area (Å²) in [6, 6.07) is 4.23. The average molecular weight is 304 g/mol. The second-order valence-electron chi connectivity index (χ2n) is 8.09. The van der Waals surface area contributed by atoms with E-state index in [1.807, 2.05) is 0 Å². The average Bonchev–Trinajstić information content (AvgIpc) is 2.96. The SMILES string of the molecule is CC(C)(C)c1ccc(C(=O)C2CCC3CCCCC3C2)s1. The minimum absolute atomic E-state index is 0.157. The predicted octanol–water partition coefficient (Wildman–Crippen LogP) is 5.83. The third-order valence-corrected chi connectivity index (χ3v) is 7.02. The van der Waals surface area contributed by atoms with Gasteiger partial charge in [0.2, 0.25) is 0 Å². The van der Waals surface area contributed by atoms with Crippen LogP contribution in [0.3, 0.4) is 0 Å². The quantitative estimate of drug-likeness (QED) is 0.628. The molecule has 0 bridgehead atoms. The van der Waals surface area contributed by atoms with Gasteiger partial charge in [-0.25, -0.2) is 0 Å². The molecule has 3 atom stereocenters. The maximum absolute atomic E-state index is 12.8. The molecule has 1 heterocycles. The van der Waals surface area contributed by atoms with E-state index in [1.54, 1.807) is 11.3 Å². The normalized spacial score (nSPS) is 30.0. The highest BCUT2D eigenvalue weighted by atomic mass is 32.1. The summed E-state index contributed by atoms with van der Waals surface area (Å²) < 4.78 is 0. The molecular formula is C19H28OS. The number of hydrogen-bond donors (Lipinski definition) is 0. The van der Waals surface area contributed by atoms with Crippen molar-refractivity contribution in [2.45, 2.75) is 71.1 Å². The summed E-state index contributed by atoms with van der Waals surface area (Å²) in [5.74, 6) is 2.50. The van der Waals surface area contributed by atoms with Gasteiger partial charge < -0.3 is 0 Å². The first-order chi connectivity index (χ1) is 9.95. The molecule has 0 aromatic carbocycles. The van der Waals surface area contributed by atoms with Crippen LogP contribution in [-0.4, -0.2) is 5.78 Å². The van der Waals surface area contributed by atoms with Crippen molar-refractivity contribution in [2.75, 3.05) is 0 Å². The number of fused-ring (bicyclic) bond motifs is 1. The van der Waals surface area contributed by atoms with Crippen LogP contribution in [0.2, 0.25) is 0 Å². The lowest BCUT2D eigenvalue weighted by Gasteiger charge is -2.38. The van der Waals surface area contributed by atoms with E-state index in [9.17, 15) is 4.79 Å². The Hall–Kier alpha value is -0.630. The van der Waals surface area contributed by atoms with Gasteiger partial charge in [-0.2, -0.15) is 0 Å². The van der Waals surface area contributed by atoms with Crippen LogP contribution in [0.4, 0.5) is 0 Å². The summed E-state index contributed by atoms with van der Waals surface area (Å²) in [6.45, 7) is 6.67. The largest absolute Gasteiger partial charge is 0.293 e. The maximum atomic E-state index is 12.8. The highest BCUT2D eigenvalue weighted by molar-refractivity contribution is 7.14. The molecule has 0 radical (unpaired) electrons. The van der Waals surface area contributed by atoms with Crippen molar-refractivity contribution in [1.82, 2.24) is 0 Å². The molecule has 0 amide bonds. The van der Waals surface area contributed by atoms with Crippen molar-refractivity contribution in [3.63, 3.8) is 0 Å². The van der Waals surface area contributed by atoms with Crippen molar-refractivity contribution in [2.24, 2.45) is 17.8 Å². The fourth-order valence-electron chi connectivity index (χ4n) is 4.19. The molecule has 3 unspecified atom stereocenters. The Morgan fingerprint density at radius 2 is 1.76 bits per heavy atom. The van der Waals surface area contributed by atoms with Gasteiger partial charge in [0.1, 0.15) is 0 Å². The molecule has 1 aromatic rings. The number of rotatable bonds is 2. The fraction of sp³-hybridized carbons (Fsp3) is 0.737. The molecule has 2 saturated carbocycles. The topological polar surface area (TPSA) is 17.1 Å². The van der Waals surface area contributed by atoms with Crippen LogP contribution in [-0.2, 0) is 5.41 Å². The molecule has 3 rings (SSSR count). The van der Waals surface area contributed by atoms with E-state index >= 15 is 0 Å². The van der Waals surface area contributed by atoms with Gasteiger partial charge in [0, 0.05) is 10.8 Å². The fourth-order valence-corrected chi connectivity index (χ4v) is 5.27. The molecule has 2 heteroatoms. The highest BCUT2D eigenvalue weighted by Gasteiger charge is 2.35. The minimum atomic E-state index is 0.157. The standard InChI is InChI=1S/C19H28OS/c1-19(2,3)17-11-10-16(21-17)18(20)15-9-8-13-6-4-5-7-14(13)12-15/h10-11,13-15H,4-9,12H2,1-3H3. The number of Topliss-reactive ketones (excluding diaryl/α,β-unsaturated/α-hetero) is 1. The van der Waals surface area contributed by atoms with E-state index in [4.69, 9.17) is 0 Å². The molecule has 0 aliphatic heterocycles. The van der Waals surface area contributed by atoms with E-state index in [-0.39, 0.29) is 5.41 Å². The van der Waals surface area contributed by atoms with Gasteiger partial charge >= 0.3 is 0 Å². The van der Waals surface area contributed by atoms with Gasteiger partial charge in [-0.1, -0.05) is 46.5 Å². The third-order valence-electron chi connectivity index (χ3n) is 5.50. The smallest absolute Gasteiger partial charge is 0.175 e. The van der Waals surface area contributed by atoms with Gasteiger partial charge in [-0.05, 0) is 48.6 Å². The summed E-state index contributed by atoms with van der Waals surface area (Å²) in [7, 11) is 0. The molecule has 1 aromatic heterocycles. The lowest BCUT2D eigenvalue weighted by molar-refractivity contribution is 0.0767. The number of carbonyl (C=O) groups is 1. The van der Waals surface area contributed by atoms with E-state index in [0.717, 1.165) is 29.6 Å². The lowest BCUT2D eigenvalue weighted by Crippen LogP contribution is -2.31. The predicted molar refractivity (Wildman–Crippen MR) is 90.1 cm³/mol. The monoisotopic (exact) mass is 304 g/mol. The zero-order chi connectivity index (χ0) is 15.0. The van der Waals surface area contributed by atoms with Crippen LogP contribution in [0.15, 0.2) is 12.1 Å². The molecule has 116 valence electrons. The number of hydrogen-bond acceptors (Lipinski definition) is 2. The summed E-state index contributed by atoms with van der Waals surface area (Å²) >= 11 is 1.72. The van der Waals surface area contributed by atoms with Gasteiger partial charge in [0.25, 0.3) is 0 Å². The molecule has 1 nitrogen and oxygen atoms in total. The Morgan fingerprint density at radius 3 is 2.43 bits per heavy atom. The summed E-state index contributed by atoms with van der Waals surface area (Å²) in [5, 5.41) is 0. The van der Waals surface area contributed by atoms with Crippen LogP contribution in [0, 0.1) is 17.8 Å². The Labute approximate surface area is 133 Å². The third kappa shape index (κ3) is 3.26. The Morgan fingerprint density at radius 1 is 1.05 bits per heavy atom. The maximum Gasteiger partial charge on any atom is 0.175 e. The first kappa shape index (κ1) is 15.3. The van der Waals surface area contributed by atoms with E-state index in [1.165, 1.54) is 37.0 Å². The van der Waals surface area contributed by atoms with Crippen LogP contribution >= 0.6 is 11.3 Å². The van der Waals surface area contributed by atoms with Crippen LogP contribution in [0.1, 0.15) is 80.3 Å². The molecular weight excluding hydrogens is 276 g/mol. The molecule has 2 aliphatic rings.